The molecule has 0 aliphatic heterocycles. The van der Waals surface area contributed by atoms with Gasteiger partial charge in [-0.1, -0.05) is 36.4 Å². The Kier molecular flexibility index (Phi) is 3.60. The zero-order valence-corrected chi connectivity index (χ0v) is 11.1. The molecule has 1 atom stereocenters. The van der Waals surface area contributed by atoms with Gasteiger partial charge >= 0.3 is 0 Å². The first-order valence-corrected chi connectivity index (χ1v) is 6.15. The zero-order valence-electron chi connectivity index (χ0n) is 9.52. The van der Waals surface area contributed by atoms with Crippen LogP contribution in [0.4, 0.5) is 0 Å². The molecule has 0 radical (unpaired) electrons. The molecule has 1 aliphatic carbocycles. The Hall–Kier alpha value is -1.19. The Morgan fingerprint density at radius 2 is 2.06 bits per heavy atom. The van der Waals surface area contributed by atoms with Gasteiger partial charge in [0.2, 0.25) is 0 Å². The second kappa shape index (κ2) is 4.98. The smallest absolute Gasteiger partial charge is 0.146 e. The molecular formula is C14H13BrO2. The molecule has 0 heterocycles. The molecule has 0 amide bonds. The predicted molar refractivity (Wildman–Crippen MR) is 71.9 cm³/mol. The fraction of sp³-hybridized carbons (Fsp3) is 0.214. The number of aldehydes is 1. The molecule has 0 N–H and O–H groups in total. The number of benzene rings is 1. The van der Waals surface area contributed by atoms with Crippen LogP contribution in [0.25, 0.3) is 5.57 Å². The van der Waals surface area contributed by atoms with E-state index in [1.165, 1.54) is 0 Å². The molecule has 1 unspecified atom stereocenters. The Labute approximate surface area is 109 Å². The minimum absolute atomic E-state index is 0.535. The van der Waals surface area contributed by atoms with Crippen molar-refractivity contribution in [2.45, 2.75) is 10.9 Å². The average molecular weight is 293 g/mol. The minimum atomic E-state index is -0.554. The number of methoxy groups -OCH3 is 1. The van der Waals surface area contributed by atoms with Crippen molar-refractivity contribution in [3.8, 4) is 0 Å². The molecule has 2 rings (SSSR count). The molecule has 2 nitrogen and oxygen atoms in total. The van der Waals surface area contributed by atoms with E-state index in [2.05, 4.69) is 15.9 Å². The lowest BCUT2D eigenvalue weighted by Gasteiger charge is -2.27. The highest BCUT2D eigenvalue weighted by Gasteiger charge is 2.28. The average Bonchev–Trinajstić information content (AvgIpc) is 2.39. The number of carbonyl (C=O) groups is 1. The maximum absolute atomic E-state index is 11.2. The van der Waals surface area contributed by atoms with Crippen molar-refractivity contribution >= 4 is 27.8 Å². The summed E-state index contributed by atoms with van der Waals surface area (Å²) in [5.74, 6) is 0. The van der Waals surface area contributed by atoms with Crippen molar-refractivity contribution in [1.82, 2.24) is 0 Å². The standard InChI is InChI=1S/C14H13BrO2/c1-17-14(15)8-7-13(12(9-14)10-16)11-5-3-2-4-6-11/h2-8,10H,9H2,1H3. The number of alkyl halides is 1. The SMILES string of the molecule is COC1(Br)C=CC(c2ccccc2)=C(C=O)C1. The Balaban J connectivity index is 2.41. The first-order valence-electron chi connectivity index (χ1n) is 5.35. The van der Waals surface area contributed by atoms with E-state index in [1.54, 1.807) is 7.11 Å². The van der Waals surface area contributed by atoms with E-state index >= 15 is 0 Å². The third-order valence-electron chi connectivity index (χ3n) is 2.84. The van der Waals surface area contributed by atoms with Gasteiger partial charge in [-0.3, -0.25) is 4.79 Å². The lowest BCUT2D eigenvalue weighted by molar-refractivity contribution is -0.105. The number of rotatable bonds is 3. The molecule has 0 aromatic heterocycles. The highest BCUT2D eigenvalue weighted by Crippen LogP contribution is 2.37. The van der Waals surface area contributed by atoms with Crippen LogP contribution in [-0.2, 0) is 9.53 Å². The van der Waals surface area contributed by atoms with Crippen LogP contribution >= 0.6 is 15.9 Å². The monoisotopic (exact) mass is 292 g/mol. The molecular weight excluding hydrogens is 280 g/mol. The summed E-state index contributed by atoms with van der Waals surface area (Å²) < 4.78 is 4.78. The van der Waals surface area contributed by atoms with E-state index in [1.807, 2.05) is 42.5 Å². The van der Waals surface area contributed by atoms with Gasteiger partial charge in [0, 0.05) is 19.1 Å². The second-order valence-corrected chi connectivity index (χ2v) is 5.27. The van der Waals surface area contributed by atoms with E-state index in [4.69, 9.17) is 4.74 Å². The van der Waals surface area contributed by atoms with Gasteiger partial charge in [0.15, 0.2) is 0 Å². The number of carbonyl (C=O) groups excluding carboxylic acids is 1. The summed E-state index contributed by atoms with van der Waals surface area (Å²) in [6, 6.07) is 9.88. The van der Waals surface area contributed by atoms with Crippen molar-refractivity contribution in [2.75, 3.05) is 7.11 Å². The van der Waals surface area contributed by atoms with Crippen LogP contribution in [0, 0.1) is 0 Å². The van der Waals surface area contributed by atoms with Crippen LogP contribution in [-0.4, -0.2) is 17.9 Å². The van der Waals surface area contributed by atoms with Gasteiger partial charge in [-0.2, -0.15) is 0 Å². The molecule has 88 valence electrons. The number of allylic oxidation sites excluding steroid dienone is 2. The van der Waals surface area contributed by atoms with E-state index < -0.39 is 4.51 Å². The van der Waals surface area contributed by atoms with Gasteiger partial charge in [0.1, 0.15) is 10.8 Å². The minimum Gasteiger partial charge on any atom is -0.363 e. The molecule has 0 saturated carbocycles. The summed E-state index contributed by atoms with van der Waals surface area (Å²) in [5, 5.41) is 0. The fourth-order valence-electron chi connectivity index (χ4n) is 1.87. The molecule has 0 fully saturated rings. The van der Waals surface area contributed by atoms with E-state index in [0.29, 0.717) is 6.42 Å². The van der Waals surface area contributed by atoms with E-state index in [-0.39, 0.29) is 0 Å². The summed E-state index contributed by atoms with van der Waals surface area (Å²) in [6.07, 6.45) is 5.30. The highest BCUT2D eigenvalue weighted by molar-refractivity contribution is 9.10. The first-order chi connectivity index (χ1) is 8.18. The molecule has 1 aromatic carbocycles. The molecule has 1 aromatic rings. The Morgan fingerprint density at radius 1 is 1.35 bits per heavy atom. The van der Waals surface area contributed by atoms with Crippen molar-refractivity contribution in [1.29, 1.82) is 0 Å². The highest BCUT2D eigenvalue weighted by atomic mass is 79.9. The maximum Gasteiger partial charge on any atom is 0.146 e. The largest absolute Gasteiger partial charge is 0.363 e. The van der Waals surface area contributed by atoms with Crippen LogP contribution in [0.5, 0.6) is 0 Å². The fourth-order valence-corrected chi connectivity index (χ4v) is 2.31. The third-order valence-corrected chi connectivity index (χ3v) is 3.71. The van der Waals surface area contributed by atoms with E-state index in [0.717, 1.165) is 23.0 Å². The third kappa shape index (κ3) is 2.56. The Morgan fingerprint density at radius 3 is 2.65 bits per heavy atom. The number of hydrogen-bond donors (Lipinski definition) is 0. The summed E-state index contributed by atoms with van der Waals surface area (Å²) in [5.41, 5.74) is 2.77. The molecule has 17 heavy (non-hydrogen) atoms. The number of halogens is 1. The van der Waals surface area contributed by atoms with Crippen molar-refractivity contribution in [3.05, 3.63) is 53.6 Å². The molecule has 3 heteroatoms. The summed E-state index contributed by atoms with van der Waals surface area (Å²) in [7, 11) is 1.62. The van der Waals surface area contributed by atoms with Gasteiger partial charge in [-0.15, -0.1) is 0 Å². The lowest BCUT2D eigenvalue weighted by Crippen LogP contribution is -2.24. The van der Waals surface area contributed by atoms with Gasteiger partial charge in [0.25, 0.3) is 0 Å². The normalized spacial score (nSPS) is 23.9. The summed E-state index contributed by atoms with van der Waals surface area (Å²) in [4.78, 5) is 11.2. The van der Waals surface area contributed by atoms with Gasteiger partial charge in [0.05, 0.1) is 0 Å². The molecule has 0 spiro atoms. The zero-order chi connectivity index (χ0) is 12.3. The Bertz CT molecular complexity index is 476. The summed E-state index contributed by atoms with van der Waals surface area (Å²) >= 11 is 3.47. The van der Waals surface area contributed by atoms with Crippen LogP contribution in [0.15, 0.2) is 48.1 Å². The van der Waals surface area contributed by atoms with Crippen LogP contribution < -0.4 is 0 Å². The van der Waals surface area contributed by atoms with Crippen LogP contribution in [0.1, 0.15) is 12.0 Å². The van der Waals surface area contributed by atoms with Crippen LogP contribution in [0.2, 0.25) is 0 Å². The summed E-state index contributed by atoms with van der Waals surface area (Å²) in [6.45, 7) is 0. The topological polar surface area (TPSA) is 26.3 Å². The number of ether oxygens (including phenoxy) is 1. The van der Waals surface area contributed by atoms with Crippen molar-refractivity contribution < 1.29 is 9.53 Å². The lowest BCUT2D eigenvalue weighted by atomic mass is 9.91. The number of hydrogen-bond acceptors (Lipinski definition) is 2. The molecule has 0 saturated heterocycles. The van der Waals surface area contributed by atoms with Gasteiger partial charge in [-0.25, -0.2) is 0 Å². The molecule has 1 aliphatic rings. The van der Waals surface area contributed by atoms with Crippen molar-refractivity contribution in [2.24, 2.45) is 0 Å². The molecule has 0 bridgehead atoms. The van der Waals surface area contributed by atoms with Crippen LogP contribution in [0.3, 0.4) is 0 Å². The van der Waals surface area contributed by atoms with Gasteiger partial charge in [-0.05, 0) is 33.1 Å². The van der Waals surface area contributed by atoms with E-state index in [9.17, 15) is 4.79 Å². The van der Waals surface area contributed by atoms with Crippen molar-refractivity contribution in [3.63, 3.8) is 0 Å². The van der Waals surface area contributed by atoms with Gasteiger partial charge < -0.3 is 4.74 Å². The quantitative estimate of drug-likeness (QED) is 0.631. The predicted octanol–water partition coefficient (Wildman–Crippen LogP) is 3.34. The second-order valence-electron chi connectivity index (χ2n) is 3.92. The first kappa shape index (κ1) is 12.3. The maximum atomic E-state index is 11.2.